The minimum atomic E-state index is -2.69. The third-order valence-electron chi connectivity index (χ3n) is 1.61. The van der Waals surface area contributed by atoms with Gasteiger partial charge in [-0.2, -0.15) is 0 Å². The highest BCUT2D eigenvalue weighted by atomic mass is 32.9. The number of carbonyl (C=O) groups excluding carboxylic acids is 1. The smallest absolute Gasteiger partial charge is 0.320 e. The normalized spacial score (nSPS) is 13.1. The van der Waals surface area contributed by atoms with Crippen molar-refractivity contribution < 1.29 is 28.5 Å². The van der Waals surface area contributed by atoms with Crippen LogP contribution in [0.25, 0.3) is 0 Å². The van der Waals surface area contributed by atoms with Crippen LogP contribution < -0.4 is 0 Å². The molecule has 0 radical (unpaired) electrons. The maximum Gasteiger partial charge on any atom is 0.320 e. The van der Waals surface area contributed by atoms with Crippen LogP contribution in [0.5, 0.6) is 0 Å². The number of esters is 1. The van der Waals surface area contributed by atoms with Gasteiger partial charge in [-0.15, -0.1) is 0 Å². The van der Waals surface area contributed by atoms with Gasteiger partial charge < -0.3 is 18.9 Å². The summed E-state index contributed by atoms with van der Waals surface area (Å²) in [6, 6.07) is 0. The van der Waals surface area contributed by atoms with Crippen LogP contribution in [0.3, 0.4) is 0 Å². The average molecular weight is 302 g/mol. The Morgan fingerprint density at radius 1 is 1.41 bits per heavy atom. The minimum Gasteiger partial charge on any atom is -0.481 e. The molecule has 0 spiro atoms. The molecule has 0 aromatic rings. The molecule has 0 aliphatic heterocycles. The topological polar surface area (TPSA) is 82.1 Å². The first-order valence-corrected chi connectivity index (χ1v) is 8.79. The Labute approximate surface area is 109 Å². The van der Waals surface area contributed by atoms with E-state index in [0.717, 1.165) is 11.4 Å². The van der Waals surface area contributed by atoms with Crippen LogP contribution in [0, 0.1) is 0 Å². The van der Waals surface area contributed by atoms with Gasteiger partial charge in [-0.25, -0.2) is 0 Å². The van der Waals surface area contributed by atoms with Crippen LogP contribution in [0.1, 0.15) is 13.3 Å². The molecule has 0 rings (SSSR count). The first kappa shape index (κ1) is 16.9. The Kier molecular flexibility index (Phi) is 7.98. The highest BCUT2D eigenvalue weighted by Crippen LogP contribution is 2.62. The number of hydrogen-bond donors (Lipinski definition) is 1. The van der Waals surface area contributed by atoms with E-state index >= 15 is 0 Å². The van der Waals surface area contributed by atoms with Crippen LogP contribution in [0.15, 0.2) is 0 Å². The van der Waals surface area contributed by atoms with E-state index < -0.39 is 22.9 Å². The summed E-state index contributed by atoms with van der Waals surface area (Å²) in [5, 5.41) is 7.80. The van der Waals surface area contributed by atoms with E-state index in [4.69, 9.17) is 30.7 Å². The molecule has 1 atom stereocenters. The van der Waals surface area contributed by atoms with E-state index in [2.05, 4.69) is 0 Å². The zero-order valence-electron chi connectivity index (χ0n) is 9.74. The summed E-state index contributed by atoms with van der Waals surface area (Å²) in [6.45, 7) is 1.82. The molecule has 0 aromatic carbocycles. The summed E-state index contributed by atoms with van der Waals surface area (Å²) in [5.74, 6) is -1.73. The molecule has 0 heterocycles. The van der Waals surface area contributed by atoms with Crippen molar-refractivity contribution in [1.82, 2.24) is 0 Å². The number of rotatable bonds is 8. The molecule has 17 heavy (non-hydrogen) atoms. The molecular weight excluding hydrogens is 287 g/mol. The lowest BCUT2D eigenvalue weighted by Gasteiger charge is -2.21. The van der Waals surface area contributed by atoms with Gasteiger partial charge in [0.15, 0.2) is 0 Å². The van der Waals surface area contributed by atoms with E-state index in [0.29, 0.717) is 0 Å². The van der Waals surface area contributed by atoms with Crippen molar-refractivity contribution in [3.63, 3.8) is 0 Å². The molecule has 0 saturated heterocycles. The molecule has 0 amide bonds. The van der Waals surface area contributed by atoms with Crippen LogP contribution in [-0.4, -0.2) is 43.1 Å². The molecule has 100 valence electrons. The van der Waals surface area contributed by atoms with Crippen molar-refractivity contribution in [2.24, 2.45) is 0 Å². The number of carboxylic acids is 1. The van der Waals surface area contributed by atoms with Gasteiger partial charge in [-0.1, -0.05) is 11.4 Å². The standard InChI is InChI=1S/C8H15O6PS2/c1-4-14-8(11)6(5-7(9)10)17-15(16,12-2)13-3/h6H,4-5H2,1-3H3,(H,9,10)/t6-/m1/s1. The minimum absolute atomic E-state index is 0.179. The fourth-order valence-corrected chi connectivity index (χ4v) is 4.75. The van der Waals surface area contributed by atoms with Gasteiger partial charge in [0.1, 0.15) is 5.25 Å². The zero-order valence-corrected chi connectivity index (χ0v) is 12.3. The van der Waals surface area contributed by atoms with E-state index in [9.17, 15) is 9.59 Å². The SMILES string of the molecule is CCOC(=O)[C@@H](CC(=O)O)SP(=S)(OC)OC. The van der Waals surface area contributed by atoms with Crippen molar-refractivity contribution in [2.45, 2.75) is 18.6 Å². The summed E-state index contributed by atoms with van der Waals surface area (Å²) in [6.07, 6.45) is -0.380. The number of ether oxygens (including phenoxy) is 1. The van der Waals surface area contributed by atoms with Gasteiger partial charge in [0, 0.05) is 14.2 Å². The molecular formula is C8H15O6PS2. The summed E-state index contributed by atoms with van der Waals surface area (Å²) in [5.41, 5.74) is -2.69. The van der Waals surface area contributed by atoms with Crippen molar-refractivity contribution in [2.75, 3.05) is 20.8 Å². The number of carbonyl (C=O) groups is 2. The monoisotopic (exact) mass is 302 g/mol. The van der Waals surface area contributed by atoms with Gasteiger partial charge in [-0.05, 0) is 18.7 Å². The van der Waals surface area contributed by atoms with Crippen molar-refractivity contribution in [3.05, 3.63) is 0 Å². The molecule has 6 nitrogen and oxygen atoms in total. The molecule has 0 saturated carbocycles. The van der Waals surface area contributed by atoms with Gasteiger partial charge >= 0.3 is 11.9 Å². The molecule has 0 aliphatic rings. The number of hydrogen-bond acceptors (Lipinski definition) is 7. The Hall–Kier alpha value is -0.140. The molecule has 9 heteroatoms. The summed E-state index contributed by atoms with van der Waals surface area (Å²) >= 11 is 5.96. The second-order valence-corrected chi connectivity index (χ2v) is 9.37. The maximum atomic E-state index is 11.5. The zero-order chi connectivity index (χ0) is 13.5. The summed E-state index contributed by atoms with van der Waals surface area (Å²) in [7, 11) is 2.72. The van der Waals surface area contributed by atoms with Crippen LogP contribution >= 0.6 is 17.1 Å². The number of carboxylic acid groups (broad SMARTS) is 1. The lowest BCUT2D eigenvalue weighted by molar-refractivity contribution is -0.146. The highest BCUT2D eigenvalue weighted by Gasteiger charge is 2.31. The summed E-state index contributed by atoms with van der Waals surface area (Å²) < 4.78 is 14.8. The van der Waals surface area contributed by atoms with Crippen LogP contribution in [0.2, 0.25) is 0 Å². The van der Waals surface area contributed by atoms with E-state index in [1.54, 1.807) is 6.92 Å². The van der Waals surface area contributed by atoms with Crippen molar-refractivity contribution in [3.8, 4) is 0 Å². The quantitative estimate of drug-likeness (QED) is 0.535. The fourth-order valence-electron chi connectivity index (χ4n) is 0.874. The molecule has 1 N–H and O–H groups in total. The third kappa shape index (κ3) is 6.38. The van der Waals surface area contributed by atoms with Gasteiger partial charge in [0.25, 0.3) is 0 Å². The average Bonchev–Trinajstić information content (AvgIpc) is 2.27. The second-order valence-electron chi connectivity index (χ2n) is 2.76. The maximum absolute atomic E-state index is 11.5. The Morgan fingerprint density at radius 2 is 1.94 bits per heavy atom. The van der Waals surface area contributed by atoms with Gasteiger partial charge in [-0.3, -0.25) is 9.59 Å². The predicted molar refractivity (Wildman–Crippen MR) is 68.6 cm³/mol. The molecule has 0 bridgehead atoms. The van der Waals surface area contributed by atoms with Crippen molar-refractivity contribution >= 4 is 40.8 Å². The summed E-state index contributed by atoms with van der Waals surface area (Å²) in [4.78, 5) is 22.2. The lowest BCUT2D eigenvalue weighted by atomic mass is 10.3. The van der Waals surface area contributed by atoms with Gasteiger partial charge in [0.2, 0.25) is 5.69 Å². The lowest BCUT2D eigenvalue weighted by Crippen LogP contribution is -2.23. The van der Waals surface area contributed by atoms with Gasteiger partial charge in [0.05, 0.1) is 13.0 Å². The largest absolute Gasteiger partial charge is 0.481 e. The van der Waals surface area contributed by atoms with E-state index in [-0.39, 0.29) is 13.0 Å². The fraction of sp³-hybridized carbons (Fsp3) is 0.750. The Bertz CT molecular complexity index is 313. The number of aliphatic carboxylic acids is 1. The molecule has 0 fully saturated rings. The van der Waals surface area contributed by atoms with E-state index in [1.165, 1.54) is 14.2 Å². The second kappa shape index (κ2) is 8.05. The molecule has 0 aromatic heterocycles. The van der Waals surface area contributed by atoms with E-state index in [1.807, 2.05) is 0 Å². The van der Waals surface area contributed by atoms with Crippen LogP contribution in [0.4, 0.5) is 0 Å². The molecule has 0 unspecified atom stereocenters. The van der Waals surface area contributed by atoms with Crippen molar-refractivity contribution in [1.29, 1.82) is 0 Å². The molecule has 0 aliphatic carbocycles. The predicted octanol–water partition coefficient (Wildman–Crippen LogP) is 1.64. The van der Waals surface area contributed by atoms with Crippen LogP contribution in [-0.2, 0) is 35.2 Å². The Balaban J connectivity index is 4.75. The first-order valence-electron chi connectivity index (χ1n) is 4.66. The third-order valence-corrected chi connectivity index (χ3v) is 7.48. The highest BCUT2D eigenvalue weighted by molar-refractivity contribution is 8.68. The first-order chi connectivity index (χ1) is 7.88. The Morgan fingerprint density at radius 3 is 2.29 bits per heavy atom.